The highest BCUT2D eigenvalue weighted by atomic mass is 15.2. The van der Waals surface area contributed by atoms with Gasteiger partial charge in [-0.25, -0.2) is 4.98 Å². The van der Waals surface area contributed by atoms with Crippen molar-refractivity contribution < 1.29 is 0 Å². The van der Waals surface area contributed by atoms with Gasteiger partial charge < -0.3 is 15.5 Å². The van der Waals surface area contributed by atoms with Gasteiger partial charge >= 0.3 is 0 Å². The number of nitrogens with one attached hydrogen (secondary N) is 2. The Labute approximate surface area is 158 Å². The third-order valence-electron chi connectivity index (χ3n) is 4.27. The molecule has 2 N–H and O–H groups in total. The molecule has 27 heavy (non-hydrogen) atoms. The van der Waals surface area contributed by atoms with Crippen molar-refractivity contribution in [2.45, 2.75) is 26.3 Å². The van der Waals surface area contributed by atoms with Gasteiger partial charge in [0.2, 0.25) is 11.9 Å². The van der Waals surface area contributed by atoms with Crippen molar-refractivity contribution in [1.82, 2.24) is 19.9 Å². The highest BCUT2D eigenvalue weighted by Gasteiger charge is 2.16. The summed E-state index contributed by atoms with van der Waals surface area (Å²) in [6.07, 6.45) is 3.03. The Morgan fingerprint density at radius 1 is 0.963 bits per heavy atom. The molecule has 4 rings (SSSR count). The Morgan fingerprint density at radius 2 is 1.74 bits per heavy atom. The number of hydrogen-bond acceptors (Lipinski definition) is 7. The fourth-order valence-corrected chi connectivity index (χ4v) is 2.81. The first-order chi connectivity index (χ1) is 13.2. The highest BCUT2D eigenvalue weighted by molar-refractivity contribution is 5.63. The SMILES string of the molecule is CC(C)Nc1nc(Nc2ccnc(N3CCC3)c2)nc(-c2ccccc2)n1. The summed E-state index contributed by atoms with van der Waals surface area (Å²) in [5.41, 5.74) is 1.86. The van der Waals surface area contributed by atoms with E-state index in [0.717, 1.165) is 30.2 Å². The lowest BCUT2D eigenvalue weighted by molar-refractivity contribution is 0.610. The molecule has 0 bridgehead atoms. The van der Waals surface area contributed by atoms with Gasteiger partial charge in [-0.1, -0.05) is 30.3 Å². The molecule has 1 saturated heterocycles. The van der Waals surface area contributed by atoms with E-state index in [4.69, 9.17) is 0 Å². The van der Waals surface area contributed by atoms with Crippen molar-refractivity contribution in [2.24, 2.45) is 0 Å². The van der Waals surface area contributed by atoms with Crippen LogP contribution in [-0.2, 0) is 0 Å². The predicted molar refractivity (Wildman–Crippen MR) is 108 cm³/mol. The molecular formula is C20H23N7. The second kappa shape index (κ2) is 7.57. The normalized spacial score (nSPS) is 13.4. The van der Waals surface area contributed by atoms with Crippen LogP contribution >= 0.6 is 0 Å². The molecule has 7 nitrogen and oxygen atoms in total. The fraction of sp³-hybridized carbons (Fsp3) is 0.300. The summed E-state index contributed by atoms with van der Waals surface area (Å²) >= 11 is 0. The summed E-state index contributed by atoms with van der Waals surface area (Å²) in [6.45, 7) is 6.23. The topological polar surface area (TPSA) is 78.9 Å². The van der Waals surface area contributed by atoms with Crippen molar-refractivity contribution in [3.05, 3.63) is 48.7 Å². The number of anilines is 4. The number of aromatic nitrogens is 4. The maximum atomic E-state index is 4.61. The zero-order chi connectivity index (χ0) is 18.6. The summed E-state index contributed by atoms with van der Waals surface area (Å²) in [7, 11) is 0. The summed E-state index contributed by atoms with van der Waals surface area (Å²) < 4.78 is 0. The molecule has 1 fully saturated rings. The zero-order valence-corrected chi connectivity index (χ0v) is 15.6. The van der Waals surface area contributed by atoms with Crippen LogP contribution in [0, 0.1) is 0 Å². The summed E-state index contributed by atoms with van der Waals surface area (Å²) in [5, 5.41) is 6.57. The molecule has 7 heteroatoms. The van der Waals surface area contributed by atoms with E-state index in [0.29, 0.717) is 17.7 Å². The number of pyridine rings is 1. The molecule has 0 aliphatic carbocycles. The summed E-state index contributed by atoms with van der Waals surface area (Å²) in [5.74, 6) is 2.67. The molecule has 1 aromatic carbocycles. The Balaban J connectivity index is 1.65. The fourth-order valence-electron chi connectivity index (χ4n) is 2.81. The van der Waals surface area contributed by atoms with Gasteiger partial charge in [-0.15, -0.1) is 0 Å². The van der Waals surface area contributed by atoms with Crippen LogP contribution < -0.4 is 15.5 Å². The van der Waals surface area contributed by atoms with Crippen molar-refractivity contribution in [1.29, 1.82) is 0 Å². The van der Waals surface area contributed by atoms with Crippen molar-refractivity contribution in [3.8, 4) is 11.4 Å². The standard InChI is InChI=1S/C20H23N7/c1-14(2)22-19-24-18(15-7-4-3-5-8-15)25-20(26-19)23-16-9-10-21-17(13-16)27-11-6-12-27/h3-5,7-10,13-14H,6,11-12H2,1-2H3,(H2,21,22,23,24,25,26). The lowest BCUT2D eigenvalue weighted by atomic mass is 10.2. The Bertz CT molecular complexity index is 907. The van der Waals surface area contributed by atoms with Crippen LogP contribution in [0.1, 0.15) is 20.3 Å². The van der Waals surface area contributed by atoms with Crippen LogP contribution in [0.4, 0.5) is 23.4 Å². The largest absolute Gasteiger partial charge is 0.356 e. The number of rotatable bonds is 6. The number of hydrogen-bond donors (Lipinski definition) is 2. The van der Waals surface area contributed by atoms with Crippen LogP contribution in [0.3, 0.4) is 0 Å². The Morgan fingerprint density at radius 3 is 2.44 bits per heavy atom. The van der Waals surface area contributed by atoms with E-state index >= 15 is 0 Å². The van der Waals surface area contributed by atoms with E-state index in [1.807, 2.05) is 48.7 Å². The van der Waals surface area contributed by atoms with E-state index in [1.54, 1.807) is 0 Å². The van der Waals surface area contributed by atoms with Crippen molar-refractivity contribution >= 4 is 23.4 Å². The van der Waals surface area contributed by atoms with E-state index in [9.17, 15) is 0 Å². The molecule has 1 aliphatic heterocycles. The maximum Gasteiger partial charge on any atom is 0.232 e. The van der Waals surface area contributed by atoms with Gasteiger partial charge in [0.1, 0.15) is 5.82 Å². The number of benzene rings is 1. The van der Waals surface area contributed by atoms with Gasteiger partial charge in [0, 0.05) is 42.6 Å². The molecule has 138 valence electrons. The second-order valence-electron chi connectivity index (χ2n) is 6.84. The minimum atomic E-state index is 0.225. The zero-order valence-electron chi connectivity index (χ0n) is 15.6. The summed E-state index contributed by atoms with van der Waals surface area (Å²) in [6, 6.07) is 14.1. The molecule has 0 atom stereocenters. The van der Waals surface area contributed by atoms with E-state index in [2.05, 4.69) is 49.3 Å². The quantitative estimate of drug-likeness (QED) is 0.693. The van der Waals surface area contributed by atoms with Gasteiger partial charge in [-0.05, 0) is 26.3 Å². The van der Waals surface area contributed by atoms with Crippen LogP contribution in [0.25, 0.3) is 11.4 Å². The van der Waals surface area contributed by atoms with Crippen molar-refractivity contribution in [2.75, 3.05) is 28.6 Å². The average Bonchev–Trinajstić information content (AvgIpc) is 2.60. The minimum absolute atomic E-state index is 0.225. The second-order valence-corrected chi connectivity index (χ2v) is 6.84. The first-order valence-corrected chi connectivity index (χ1v) is 9.23. The summed E-state index contributed by atoms with van der Waals surface area (Å²) in [4.78, 5) is 20.4. The van der Waals surface area contributed by atoms with Crippen LogP contribution in [0.15, 0.2) is 48.7 Å². The average molecular weight is 361 g/mol. The molecule has 2 aromatic heterocycles. The monoisotopic (exact) mass is 361 g/mol. The van der Waals surface area contributed by atoms with Gasteiger partial charge in [-0.2, -0.15) is 15.0 Å². The van der Waals surface area contributed by atoms with Crippen molar-refractivity contribution in [3.63, 3.8) is 0 Å². The minimum Gasteiger partial charge on any atom is -0.356 e. The molecule has 1 aliphatic rings. The lowest BCUT2D eigenvalue weighted by Crippen LogP contribution is -2.37. The molecule has 0 amide bonds. The van der Waals surface area contributed by atoms with Crippen LogP contribution in [-0.4, -0.2) is 39.1 Å². The number of nitrogens with zero attached hydrogens (tertiary/aromatic N) is 5. The molecule has 0 saturated carbocycles. The molecule has 0 radical (unpaired) electrons. The Kier molecular flexibility index (Phi) is 4.82. The molecule has 3 aromatic rings. The lowest BCUT2D eigenvalue weighted by Gasteiger charge is -2.32. The predicted octanol–water partition coefficient (Wildman–Crippen LogP) is 3.71. The van der Waals surface area contributed by atoms with Gasteiger partial charge in [0.05, 0.1) is 0 Å². The van der Waals surface area contributed by atoms with Gasteiger partial charge in [0.15, 0.2) is 5.82 Å². The van der Waals surface area contributed by atoms with Gasteiger partial charge in [-0.3, -0.25) is 0 Å². The molecule has 0 unspecified atom stereocenters. The Hall–Kier alpha value is -3.22. The van der Waals surface area contributed by atoms with E-state index < -0.39 is 0 Å². The molecule has 3 heterocycles. The van der Waals surface area contributed by atoms with E-state index in [1.165, 1.54) is 6.42 Å². The first kappa shape index (κ1) is 17.2. The van der Waals surface area contributed by atoms with Crippen LogP contribution in [0.5, 0.6) is 0 Å². The third-order valence-corrected chi connectivity index (χ3v) is 4.27. The maximum absolute atomic E-state index is 4.61. The first-order valence-electron chi connectivity index (χ1n) is 9.23. The third kappa shape index (κ3) is 4.13. The van der Waals surface area contributed by atoms with E-state index in [-0.39, 0.29) is 6.04 Å². The smallest absolute Gasteiger partial charge is 0.232 e. The van der Waals surface area contributed by atoms with Crippen LogP contribution in [0.2, 0.25) is 0 Å². The molecular weight excluding hydrogens is 338 g/mol. The highest BCUT2D eigenvalue weighted by Crippen LogP contribution is 2.24. The van der Waals surface area contributed by atoms with Gasteiger partial charge in [0.25, 0.3) is 0 Å². The molecule has 0 spiro atoms.